The summed E-state index contributed by atoms with van der Waals surface area (Å²) >= 11 is 0. The van der Waals surface area contributed by atoms with Gasteiger partial charge in [0.1, 0.15) is 17.4 Å². The number of anilines is 3. The molecule has 2 heterocycles. The highest BCUT2D eigenvalue weighted by Crippen LogP contribution is 2.34. The molecule has 9 nitrogen and oxygen atoms in total. The number of phenolic OH excluding ortho intramolecular Hbond substituents is 1. The van der Waals surface area contributed by atoms with Crippen LogP contribution in [0.5, 0.6) is 5.75 Å². The van der Waals surface area contributed by atoms with E-state index < -0.39 is 17.5 Å². The molecular formula is C38H43F2N6O3+. The van der Waals surface area contributed by atoms with Crippen molar-refractivity contribution in [2.75, 3.05) is 62.4 Å². The number of nitrogens with two attached hydrogens (primary N) is 2. The number of hydrogen-bond acceptors (Lipinski definition) is 7. The molecule has 2 aliphatic rings. The van der Waals surface area contributed by atoms with Gasteiger partial charge in [-0.1, -0.05) is 6.07 Å². The molecule has 0 spiro atoms. The topological polar surface area (TPSA) is 131 Å². The first-order chi connectivity index (χ1) is 23.5. The molecule has 6 rings (SSSR count). The highest BCUT2D eigenvalue weighted by Gasteiger charge is 2.24. The quantitative estimate of drug-likeness (QED) is 0.109. The number of aromatic hydroxyl groups is 1. The van der Waals surface area contributed by atoms with Gasteiger partial charge in [0.15, 0.2) is 0 Å². The molecule has 0 atom stereocenters. The maximum absolute atomic E-state index is 14.2. The first-order valence-corrected chi connectivity index (χ1v) is 16.6. The van der Waals surface area contributed by atoms with Gasteiger partial charge in [-0.05, 0) is 116 Å². The van der Waals surface area contributed by atoms with Gasteiger partial charge in [0.25, 0.3) is 5.84 Å². The first kappa shape index (κ1) is 33.9. The number of likely N-dealkylation sites (N-methyl/N-ethyl adjacent to an activating group) is 1. The van der Waals surface area contributed by atoms with Crippen LogP contribution in [0.2, 0.25) is 0 Å². The number of ether oxygens (including phenoxy) is 1. The number of amidine groups is 1. The van der Waals surface area contributed by atoms with Crippen molar-refractivity contribution in [2.24, 2.45) is 5.73 Å². The molecule has 2 saturated heterocycles. The Kier molecular flexibility index (Phi) is 10.1. The van der Waals surface area contributed by atoms with Gasteiger partial charge in [0.2, 0.25) is 0 Å². The summed E-state index contributed by atoms with van der Waals surface area (Å²) < 4.78 is 33.9. The molecule has 4 aromatic carbocycles. The third kappa shape index (κ3) is 8.01. The van der Waals surface area contributed by atoms with E-state index in [0.29, 0.717) is 52.4 Å². The van der Waals surface area contributed by atoms with Crippen LogP contribution in [0.15, 0.2) is 66.7 Å². The number of rotatable bonds is 8. The van der Waals surface area contributed by atoms with Gasteiger partial charge in [-0.25, -0.2) is 18.6 Å². The fourth-order valence-corrected chi connectivity index (χ4v) is 6.60. The number of carbonyl (C=O) groups excluding carboxylic acids is 1. The van der Waals surface area contributed by atoms with Gasteiger partial charge < -0.3 is 30.7 Å². The van der Waals surface area contributed by atoms with Crippen LogP contribution in [0.4, 0.5) is 25.8 Å². The van der Waals surface area contributed by atoms with E-state index in [0.717, 1.165) is 61.9 Å². The normalized spacial score (nSPS) is 16.2. The van der Waals surface area contributed by atoms with Crippen LogP contribution in [0.3, 0.4) is 0 Å². The Labute approximate surface area is 285 Å². The van der Waals surface area contributed by atoms with Gasteiger partial charge in [-0.15, -0.1) is 0 Å². The van der Waals surface area contributed by atoms with E-state index in [2.05, 4.69) is 27.2 Å². The van der Waals surface area contributed by atoms with Gasteiger partial charge >= 0.3 is 5.91 Å². The van der Waals surface area contributed by atoms with Crippen molar-refractivity contribution in [3.8, 4) is 16.9 Å². The maximum atomic E-state index is 14.2. The van der Waals surface area contributed by atoms with Crippen molar-refractivity contribution in [1.82, 2.24) is 4.90 Å². The fourth-order valence-electron chi connectivity index (χ4n) is 6.60. The van der Waals surface area contributed by atoms with Crippen molar-refractivity contribution >= 4 is 28.8 Å². The van der Waals surface area contributed by atoms with E-state index in [1.165, 1.54) is 12.1 Å². The summed E-state index contributed by atoms with van der Waals surface area (Å²) in [5.74, 6) is -1.61. The minimum Gasteiger partial charge on any atom is -0.508 e. The number of nitrogens with one attached hydrogen (secondary N) is 2. The summed E-state index contributed by atoms with van der Waals surface area (Å²) in [6, 6.07) is 17.8. The number of aryl methyl sites for hydroxylation is 1. The number of halogens is 2. The van der Waals surface area contributed by atoms with E-state index in [4.69, 9.17) is 16.2 Å². The number of carbonyl (C=O) groups is 1. The Morgan fingerprint density at radius 1 is 0.939 bits per heavy atom. The minimum atomic E-state index is -0.685. The second kappa shape index (κ2) is 14.6. The van der Waals surface area contributed by atoms with E-state index in [9.17, 15) is 18.7 Å². The van der Waals surface area contributed by atoms with E-state index in [-0.39, 0.29) is 24.0 Å². The first-order valence-electron chi connectivity index (χ1n) is 16.6. The highest BCUT2D eigenvalue weighted by molar-refractivity contribution is 6.04. The zero-order valence-electron chi connectivity index (χ0n) is 27.9. The second-order valence-electron chi connectivity index (χ2n) is 13.0. The van der Waals surface area contributed by atoms with Crippen LogP contribution in [0, 0.1) is 18.6 Å². The van der Waals surface area contributed by atoms with E-state index >= 15 is 0 Å². The molecule has 1 amide bonds. The number of hydrogen-bond donors (Lipinski definition) is 5. The largest absolute Gasteiger partial charge is 0.508 e. The fraction of sp³-hybridized carbons (Fsp3) is 0.316. The van der Waals surface area contributed by atoms with Crippen LogP contribution in [0.1, 0.15) is 45.5 Å². The zero-order chi connectivity index (χ0) is 34.7. The van der Waals surface area contributed by atoms with Crippen LogP contribution in [0.25, 0.3) is 11.1 Å². The van der Waals surface area contributed by atoms with Crippen molar-refractivity contribution in [2.45, 2.75) is 32.2 Å². The summed E-state index contributed by atoms with van der Waals surface area (Å²) in [6.07, 6.45) is 1.82. The van der Waals surface area contributed by atoms with Gasteiger partial charge in [0, 0.05) is 62.9 Å². The molecule has 0 aliphatic carbocycles. The summed E-state index contributed by atoms with van der Waals surface area (Å²) in [4.78, 5) is 21.4. The molecule has 11 heteroatoms. The van der Waals surface area contributed by atoms with Crippen molar-refractivity contribution < 1.29 is 28.4 Å². The Balaban J connectivity index is 1.37. The highest BCUT2D eigenvalue weighted by atomic mass is 19.1. The van der Waals surface area contributed by atoms with Gasteiger partial charge in [-0.3, -0.25) is 5.73 Å². The lowest BCUT2D eigenvalue weighted by Gasteiger charge is -2.34. The smallest absolute Gasteiger partial charge is 0.341 e. The standard InChI is InChI=1S/C38H42F2N6O3/c1-23-15-30(47)4-6-31(23)33-22-35(41)34(19-25(33)16-24-17-26(39)20-27(40)18-24)37(42)44-38(48)32-5-3-29(46-11-9-45(2)10-12-46)21-36(32)43-28-7-13-49-14-8-28/h3-6,15,17-22,28,43,47H,7-14,16,41H2,1-2H3,(H2,42,44,48)/p+1. The average Bonchev–Trinajstić information content (AvgIpc) is 3.06. The van der Waals surface area contributed by atoms with Crippen LogP contribution >= 0.6 is 0 Å². The van der Waals surface area contributed by atoms with Crippen molar-refractivity contribution in [3.05, 3.63) is 106 Å². The van der Waals surface area contributed by atoms with Gasteiger partial charge in [0.05, 0.1) is 16.8 Å². The maximum Gasteiger partial charge on any atom is 0.341 e. The van der Waals surface area contributed by atoms with Crippen molar-refractivity contribution in [1.29, 1.82) is 0 Å². The molecule has 49 heavy (non-hydrogen) atoms. The predicted octanol–water partition coefficient (Wildman–Crippen LogP) is 3.79. The second-order valence-corrected chi connectivity index (χ2v) is 13.0. The molecular weight excluding hydrogens is 626 g/mol. The molecule has 0 unspecified atom stereocenters. The zero-order valence-corrected chi connectivity index (χ0v) is 27.9. The molecule has 0 aromatic heterocycles. The van der Waals surface area contributed by atoms with Crippen molar-refractivity contribution in [3.63, 3.8) is 0 Å². The monoisotopic (exact) mass is 669 g/mol. The Hall–Kier alpha value is -5.00. The Bertz CT molecular complexity index is 1860. The molecule has 7 N–H and O–H groups in total. The lowest BCUT2D eigenvalue weighted by Crippen LogP contribution is -2.79. The molecule has 0 radical (unpaired) electrons. The van der Waals surface area contributed by atoms with Crippen LogP contribution < -0.4 is 26.7 Å². The van der Waals surface area contributed by atoms with E-state index in [1.807, 2.05) is 25.1 Å². The molecule has 2 aliphatic heterocycles. The Morgan fingerprint density at radius 3 is 2.35 bits per heavy atom. The lowest BCUT2D eigenvalue weighted by atomic mass is 9.90. The predicted molar refractivity (Wildman–Crippen MR) is 189 cm³/mol. The molecule has 0 saturated carbocycles. The van der Waals surface area contributed by atoms with Crippen LogP contribution in [-0.4, -0.2) is 74.2 Å². The minimum absolute atomic E-state index is 0.0447. The number of nitrogen functional groups attached to an aromatic ring is 2. The summed E-state index contributed by atoms with van der Waals surface area (Å²) in [5, 5.41) is 13.6. The SMILES string of the molecule is Cc1cc(O)ccc1-c1cc(N)c(C(N)=[NH+]C(=O)c2ccc(N3CCN(C)CC3)cc2NC2CCOCC2)cc1Cc1cc(F)cc(F)c1. The summed E-state index contributed by atoms with van der Waals surface area (Å²) in [6.45, 7) is 6.86. The summed E-state index contributed by atoms with van der Waals surface area (Å²) in [5.41, 5.74) is 19.4. The molecule has 0 bridgehead atoms. The summed E-state index contributed by atoms with van der Waals surface area (Å²) in [7, 11) is 2.11. The molecule has 4 aromatic rings. The number of piperazine rings is 1. The average molecular weight is 670 g/mol. The number of nitrogens with zero attached hydrogens (tertiary/aromatic N) is 2. The molecule has 256 valence electrons. The van der Waals surface area contributed by atoms with E-state index in [1.54, 1.807) is 30.3 Å². The number of phenols is 1. The third-order valence-corrected chi connectivity index (χ3v) is 9.33. The Morgan fingerprint density at radius 2 is 1.65 bits per heavy atom. The third-order valence-electron chi connectivity index (χ3n) is 9.33. The van der Waals surface area contributed by atoms with Gasteiger partial charge in [-0.2, -0.15) is 0 Å². The van der Waals surface area contributed by atoms with Crippen LogP contribution in [-0.2, 0) is 11.2 Å². The number of benzene rings is 4. The lowest BCUT2D eigenvalue weighted by molar-refractivity contribution is -0.345. The molecule has 2 fully saturated rings. The number of amides is 1.